The lowest BCUT2D eigenvalue weighted by Gasteiger charge is -2.02. The third-order valence-electron chi connectivity index (χ3n) is 3.60. The Morgan fingerprint density at radius 1 is 1.00 bits per heavy atom. The van der Waals surface area contributed by atoms with Gasteiger partial charge in [0, 0.05) is 24.2 Å². The molecule has 0 atom stereocenters. The Morgan fingerprint density at radius 3 is 2.11 bits per heavy atom. The first-order valence-electron chi connectivity index (χ1n) is 6.81. The molecular formula is C14H15N5. The fourth-order valence-electron chi connectivity index (χ4n) is 2.19. The van der Waals surface area contributed by atoms with E-state index in [0.717, 1.165) is 17.2 Å². The van der Waals surface area contributed by atoms with Crippen LogP contribution >= 0.6 is 0 Å². The van der Waals surface area contributed by atoms with E-state index in [1.165, 1.54) is 25.7 Å². The Labute approximate surface area is 111 Å². The van der Waals surface area contributed by atoms with Crippen LogP contribution in [0.25, 0.3) is 0 Å². The SMILES string of the molecule is C(=N\n1c(C2CC2)nnc1C1CC1)/c1ccncc1. The van der Waals surface area contributed by atoms with Gasteiger partial charge in [0.25, 0.3) is 0 Å². The molecule has 2 fully saturated rings. The zero-order valence-corrected chi connectivity index (χ0v) is 10.6. The predicted molar refractivity (Wildman–Crippen MR) is 71.2 cm³/mol. The van der Waals surface area contributed by atoms with Crippen LogP contribution in [-0.4, -0.2) is 26.1 Å². The lowest BCUT2D eigenvalue weighted by Crippen LogP contribution is -2.01. The first-order chi connectivity index (χ1) is 9.42. The van der Waals surface area contributed by atoms with Gasteiger partial charge in [0.15, 0.2) is 11.6 Å². The molecule has 0 N–H and O–H groups in total. The molecular weight excluding hydrogens is 238 g/mol. The molecule has 0 radical (unpaired) electrons. The third kappa shape index (κ3) is 2.16. The molecule has 0 unspecified atom stereocenters. The van der Waals surface area contributed by atoms with Gasteiger partial charge in [-0.2, -0.15) is 5.10 Å². The van der Waals surface area contributed by atoms with Crippen molar-refractivity contribution in [1.29, 1.82) is 0 Å². The van der Waals surface area contributed by atoms with Crippen LogP contribution in [0.1, 0.15) is 54.7 Å². The molecule has 0 bridgehead atoms. The topological polar surface area (TPSA) is 56.0 Å². The Morgan fingerprint density at radius 2 is 1.58 bits per heavy atom. The highest BCUT2D eigenvalue weighted by Gasteiger charge is 2.35. The lowest BCUT2D eigenvalue weighted by atomic mass is 10.3. The van der Waals surface area contributed by atoms with Gasteiger partial charge in [-0.05, 0) is 43.4 Å². The Bertz CT molecular complexity index is 579. The fraction of sp³-hybridized carbons (Fsp3) is 0.429. The van der Waals surface area contributed by atoms with E-state index in [-0.39, 0.29) is 0 Å². The van der Waals surface area contributed by atoms with Crippen molar-refractivity contribution >= 4 is 6.21 Å². The molecule has 2 aromatic heterocycles. The molecule has 0 aromatic carbocycles. The minimum Gasteiger partial charge on any atom is -0.265 e. The summed E-state index contributed by atoms with van der Waals surface area (Å²) >= 11 is 0. The summed E-state index contributed by atoms with van der Waals surface area (Å²) in [5, 5.41) is 13.3. The highest BCUT2D eigenvalue weighted by molar-refractivity contribution is 5.79. The maximum atomic E-state index is 4.60. The van der Waals surface area contributed by atoms with Crippen LogP contribution in [0.3, 0.4) is 0 Å². The van der Waals surface area contributed by atoms with Crippen LogP contribution in [0, 0.1) is 0 Å². The summed E-state index contributed by atoms with van der Waals surface area (Å²) in [6.45, 7) is 0. The largest absolute Gasteiger partial charge is 0.265 e. The molecule has 0 amide bonds. The number of aromatic nitrogens is 4. The summed E-state index contributed by atoms with van der Waals surface area (Å²) in [5.41, 5.74) is 1.05. The van der Waals surface area contributed by atoms with Gasteiger partial charge in [0.1, 0.15) is 0 Å². The quantitative estimate of drug-likeness (QED) is 0.786. The van der Waals surface area contributed by atoms with Crippen molar-refractivity contribution in [3.8, 4) is 0 Å². The smallest absolute Gasteiger partial charge is 0.157 e. The zero-order valence-electron chi connectivity index (χ0n) is 10.6. The highest BCUT2D eigenvalue weighted by atomic mass is 15.5. The van der Waals surface area contributed by atoms with E-state index in [4.69, 9.17) is 0 Å². The van der Waals surface area contributed by atoms with E-state index < -0.39 is 0 Å². The highest BCUT2D eigenvalue weighted by Crippen LogP contribution is 2.43. The lowest BCUT2D eigenvalue weighted by molar-refractivity contribution is 0.732. The summed E-state index contributed by atoms with van der Waals surface area (Å²) in [6.07, 6.45) is 10.3. The average Bonchev–Trinajstić information content (AvgIpc) is 3.36. The second kappa shape index (κ2) is 4.26. The second-order valence-electron chi connectivity index (χ2n) is 5.30. The molecule has 0 aliphatic heterocycles. The van der Waals surface area contributed by atoms with Crippen molar-refractivity contribution in [1.82, 2.24) is 19.9 Å². The van der Waals surface area contributed by atoms with Crippen LogP contribution < -0.4 is 0 Å². The molecule has 5 nitrogen and oxygen atoms in total. The molecule has 0 spiro atoms. The van der Waals surface area contributed by atoms with Crippen LogP contribution in [-0.2, 0) is 0 Å². The summed E-state index contributed by atoms with van der Waals surface area (Å²) in [7, 11) is 0. The van der Waals surface area contributed by atoms with E-state index in [2.05, 4.69) is 20.3 Å². The van der Waals surface area contributed by atoms with Crippen molar-refractivity contribution in [3.05, 3.63) is 41.7 Å². The van der Waals surface area contributed by atoms with Crippen LogP contribution in [0.15, 0.2) is 29.6 Å². The van der Waals surface area contributed by atoms with Gasteiger partial charge < -0.3 is 0 Å². The minimum absolute atomic E-state index is 0.564. The van der Waals surface area contributed by atoms with Crippen LogP contribution in [0.4, 0.5) is 0 Å². The standard InChI is InChI=1S/C14H15N5/c1-2-11(1)13-17-18-14(12-3-4-12)19(13)16-9-10-5-7-15-8-6-10/h5-9,11-12H,1-4H2/b16-9+. The molecule has 2 aromatic rings. The van der Waals surface area contributed by atoms with E-state index in [1.807, 2.05) is 23.0 Å². The normalized spacial score (nSPS) is 19.2. The van der Waals surface area contributed by atoms with E-state index in [9.17, 15) is 0 Å². The van der Waals surface area contributed by atoms with Gasteiger partial charge in [-0.3, -0.25) is 4.98 Å². The summed E-state index contributed by atoms with van der Waals surface area (Å²) in [5.74, 6) is 3.20. The first-order valence-corrected chi connectivity index (χ1v) is 6.81. The second-order valence-corrected chi connectivity index (χ2v) is 5.30. The molecule has 4 rings (SSSR count). The van der Waals surface area contributed by atoms with Gasteiger partial charge >= 0.3 is 0 Å². The van der Waals surface area contributed by atoms with E-state index in [1.54, 1.807) is 12.4 Å². The van der Waals surface area contributed by atoms with Crippen molar-refractivity contribution in [2.75, 3.05) is 0 Å². The molecule has 2 heterocycles. The molecule has 2 aliphatic rings. The minimum atomic E-state index is 0.564. The van der Waals surface area contributed by atoms with Gasteiger partial charge in [-0.15, -0.1) is 10.2 Å². The Kier molecular flexibility index (Phi) is 2.43. The van der Waals surface area contributed by atoms with Crippen LogP contribution in [0.5, 0.6) is 0 Å². The number of hydrogen-bond donors (Lipinski definition) is 0. The number of pyridine rings is 1. The van der Waals surface area contributed by atoms with Gasteiger partial charge in [0.05, 0.1) is 6.21 Å². The molecule has 2 saturated carbocycles. The van der Waals surface area contributed by atoms with Crippen molar-refractivity contribution in [2.24, 2.45) is 5.10 Å². The zero-order chi connectivity index (χ0) is 12.7. The Hall–Kier alpha value is -2.04. The average molecular weight is 253 g/mol. The van der Waals surface area contributed by atoms with Gasteiger partial charge in [-0.25, -0.2) is 4.68 Å². The summed E-state index contributed by atoms with van der Waals surface area (Å²) in [6, 6.07) is 3.89. The number of nitrogens with zero attached hydrogens (tertiary/aromatic N) is 5. The predicted octanol–water partition coefficient (Wildman–Crippen LogP) is 2.31. The molecule has 19 heavy (non-hydrogen) atoms. The van der Waals surface area contributed by atoms with Crippen LogP contribution in [0.2, 0.25) is 0 Å². The Balaban J connectivity index is 1.68. The van der Waals surface area contributed by atoms with Gasteiger partial charge in [-0.1, -0.05) is 0 Å². The monoisotopic (exact) mass is 253 g/mol. The summed E-state index contributed by atoms with van der Waals surface area (Å²) in [4.78, 5) is 4.01. The molecule has 96 valence electrons. The third-order valence-corrected chi connectivity index (χ3v) is 3.60. The first kappa shape index (κ1) is 10.8. The van der Waals surface area contributed by atoms with Crippen molar-refractivity contribution < 1.29 is 0 Å². The maximum absolute atomic E-state index is 4.60. The molecule has 0 saturated heterocycles. The number of hydrogen-bond acceptors (Lipinski definition) is 4. The molecule has 5 heteroatoms. The van der Waals surface area contributed by atoms with E-state index in [0.29, 0.717) is 11.8 Å². The van der Waals surface area contributed by atoms with Gasteiger partial charge in [0.2, 0.25) is 0 Å². The molecule has 2 aliphatic carbocycles. The fourth-order valence-corrected chi connectivity index (χ4v) is 2.19. The van der Waals surface area contributed by atoms with E-state index >= 15 is 0 Å². The maximum Gasteiger partial charge on any atom is 0.157 e. The number of rotatable bonds is 4. The summed E-state index contributed by atoms with van der Waals surface area (Å²) < 4.78 is 1.97. The van der Waals surface area contributed by atoms with Crippen molar-refractivity contribution in [3.63, 3.8) is 0 Å². The van der Waals surface area contributed by atoms with Crippen molar-refractivity contribution in [2.45, 2.75) is 37.5 Å².